The first-order chi connectivity index (χ1) is 17.7. The van der Waals surface area contributed by atoms with Gasteiger partial charge in [0.15, 0.2) is 10.7 Å². The van der Waals surface area contributed by atoms with Gasteiger partial charge >= 0.3 is 10.1 Å². The second kappa shape index (κ2) is 9.90. The molecule has 3 aliphatic rings. The van der Waals surface area contributed by atoms with Crippen molar-refractivity contribution in [3.8, 4) is 5.75 Å². The number of hydrogen-bond donors (Lipinski definition) is 1. The fourth-order valence-electron chi connectivity index (χ4n) is 4.34. The van der Waals surface area contributed by atoms with E-state index >= 15 is 0 Å². The summed E-state index contributed by atoms with van der Waals surface area (Å²) in [5.41, 5.74) is -0.528. The van der Waals surface area contributed by atoms with Crippen molar-refractivity contribution in [1.29, 1.82) is 5.41 Å². The minimum Gasteiger partial charge on any atom is -0.378 e. The van der Waals surface area contributed by atoms with Crippen molar-refractivity contribution >= 4 is 55.6 Å². The van der Waals surface area contributed by atoms with Crippen molar-refractivity contribution in [1.82, 2.24) is 5.01 Å². The molecule has 1 amide bonds. The van der Waals surface area contributed by atoms with Crippen LogP contribution in [0, 0.1) is 21.4 Å². The summed E-state index contributed by atoms with van der Waals surface area (Å²) in [6.45, 7) is 0. The number of hydrazone groups is 1. The summed E-state index contributed by atoms with van der Waals surface area (Å²) in [5.74, 6) is -0.709. The molecule has 0 atom stereocenters. The number of carbonyl (C=O) groups is 1. The molecule has 1 saturated carbocycles. The fourth-order valence-corrected chi connectivity index (χ4v) is 6.52. The van der Waals surface area contributed by atoms with Gasteiger partial charge in [0.05, 0.1) is 10.5 Å². The van der Waals surface area contributed by atoms with E-state index in [-0.39, 0.29) is 28.6 Å². The standard InChI is InChI=1S/C24H21N5O6S2/c25-21-17(22(30)26-24-28(21)27-23(36-24)15-8-2-1-3-9-15)14-16-10-4-6-12-19(16)35-37(33,34)20-13-7-5-11-18(20)29(31)32/h4-7,10-15,25H,1-3,8-9H2/b17-14-,25-21?. The second-order valence-electron chi connectivity index (χ2n) is 8.59. The minimum atomic E-state index is -4.59. The van der Waals surface area contributed by atoms with E-state index in [1.807, 2.05) is 0 Å². The Morgan fingerprint density at radius 1 is 1.11 bits per heavy atom. The van der Waals surface area contributed by atoms with Gasteiger partial charge in [-0.25, -0.2) is 0 Å². The van der Waals surface area contributed by atoms with Gasteiger partial charge in [-0.15, -0.1) is 0 Å². The monoisotopic (exact) mass is 539 g/mol. The van der Waals surface area contributed by atoms with Gasteiger partial charge < -0.3 is 4.18 Å². The number of carbonyl (C=O) groups excluding carboxylic acids is 1. The average Bonchev–Trinajstić information content (AvgIpc) is 3.32. The molecule has 1 fully saturated rings. The zero-order chi connectivity index (χ0) is 26.2. The van der Waals surface area contributed by atoms with Crippen LogP contribution in [0.2, 0.25) is 0 Å². The first kappa shape index (κ1) is 24.8. The van der Waals surface area contributed by atoms with Crippen LogP contribution in [0.15, 0.2) is 69.1 Å². The highest BCUT2D eigenvalue weighted by molar-refractivity contribution is 8.27. The predicted molar refractivity (Wildman–Crippen MR) is 139 cm³/mol. The van der Waals surface area contributed by atoms with Crippen LogP contribution in [0.25, 0.3) is 6.08 Å². The Morgan fingerprint density at radius 2 is 1.81 bits per heavy atom. The summed E-state index contributed by atoms with van der Waals surface area (Å²) in [6.07, 6.45) is 6.75. The molecule has 13 heteroatoms. The van der Waals surface area contributed by atoms with E-state index in [4.69, 9.17) is 9.59 Å². The third kappa shape index (κ3) is 4.91. The number of nitrogens with one attached hydrogen (secondary N) is 1. The van der Waals surface area contributed by atoms with Crippen LogP contribution in [0.4, 0.5) is 5.69 Å². The maximum absolute atomic E-state index is 12.9. The molecule has 0 saturated heterocycles. The molecule has 0 bridgehead atoms. The molecule has 0 spiro atoms. The van der Waals surface area contributed by atoms with E-state index in [1.54, 1.807) is 6.07 Å². The van der Waals surface area contributed by atoms with Crippen molar-refractivity contribution in [2.24, 2.45) is 16.0 Å². The van der Waals surface area contributed by atoms with Gasteiger partial charge in [-0.05, 0) is 42.8 Å². The summed E-state index contributed by atoms with van der Waals surface area (Å²) in [6, 6.07) is 10.8. The van der Waals surface area contributed by atoms with Gasteiger partial charge in [-0.3, -0.25) is 20.3 Å². The van der Waals surface area contributed by atoms with Crippen molar-refractivity contribution < 1.29 is 22.3 Å². The molecular weight excluding hydrogens is 518 g/mol. The number of nitro groups is 1. The Kier molecular flexibility index (Phi) is 6.65. The third-order valence-corrected chi connectivity index (χ3v) is 8.53. The first-order valence-electron chi connectivity index (χ1n) is 11.5. The lowest BCUT2D eigenvalue weighted by molar-refractivity contribution is -0.387. The smallest absolute Gasteiger partial charge is 0.346 e. The van der Waals surface area contributed by atoms with Crippen molar-refractivity contribution in [3.63, 3.8) is 0 Å². The molecule has 0 unspecified atom stereocenters. The Morgan fingerprint density at radius 3 is 2.57 bits per heavy atom. The molecule has 2 aliphatic heterocycles. The number of nitro benzene ring substituents is 1. The van der Waals surface area contributed by atoms with Crippen LogP contribution in [-0.4, -0.2) is 40.3 Å². The number of para-hydroxylation sites is 2. The average molecular weight is 540 g/mol. The highest BCUT2D eigenvalue weighted by atomic mass is 32.2. The van der Waals surface area contributed by atoms with E-state index in [0.717, 1.165) is 42.9 Å². The number of hydrogen-bond acceptors (Lipinski definition) is 9. The summed E-state index contributed by atoms with van der Waals surface area (Å²) >= 11 is 1.31. The summed E-state index contributed by atoms with van der Waals surface area (Å²) in [7, 11) is -4.59. The largest absolute Gasteiger partial charge is 0.378 e. The first-order valence-corrected chi connectivity index (χ1v) is 13.7. The van der Waals surface area contributed by atoms with Crippen LogP contribution in [0.3, 0.4) is 0 Å². The molecule has 37 heavy (non-hydrogen) atoms. The van der Waals surface area contributed by atoms with Gasteiger partial charge in [-0.2, -0.15) is 23.5 Å². The summed E-state index contributed by atoms with van der Waals surface area (Å²) in [4.78, 5) is 26.9. The molecule has 11 nitrogen and oxygen atoms in total. The topological polar surface area (TPSA) is 155 Å². The molecular formula is C24H21N5O6S2. The van der Waals surface area contributed by atoms with E-state index in [2.05, 4.69) is 10.1 Å². The lowest BCUT2D eigenvalue weighted by Crippen LogP contribution is -2.35. The van der Waals surface area contributed by atoms with Gasteiger partial charge in [0.25, 0.3) is 11.6 Å². The zero-order valence-electron chi connectivity index (χ0n) is 19.4. The third-order valence-electron chi connectivity index (χ3n) is 6.17. The number of benzene rings is 2. The van der Waals surface area contributed by atoms with Crippen LogP contribution in [0.5, 0.6) is 5.75 Å². The Bertz CT molecular complexity index is 1510. The summed E-state index contributed by atoms with van der Waals surface area (Å²) in [5, 5.41) is 27.0. The normalized spacial score (nSPS) is 19.5. The van der Waals surface area contributed by atoms with E-state index in [9.17, 15) is 23.3 Å². The molecule has 1 aliphatic carbocycles. The highest BCUT2D eigenvalue weighted by Crippen LogP contribution is 2.37. The number of aliphatic imine (C=N–C) groups is 1. The Hall–Kier alpha value is -3.84. The number of amides is 1. The van der Waals surface area contributed by atoms with E-state index in [0.29, 0.717) is 5.17 Å². The second-order valence-corrected chi connectivity index (χ2v) is 11.1. The van der Waals surface area contributed by atoms with E-state index < -0.39 is 31.5 Å². The van der Waals surface area contributed by atoms with Crippen molar-refractivity contribution in [2.45, 2.75) is 37.0 Å². The lowest BCUT2D eigenvalue weighted by atomic mass is 9.90. The maximum Gasteiger partial charge on any atom is 0.346 e. The summed E-state index contributed by atoms with van der Waals surface area (Å²) < 4.78 is 31.1. The quantitative estimate of drug-likeness (QED) is 0.242. The fraction of sp³-hybridized carbons (Fsp3) is 0.250. The number of fused-ring (bicyclic) bond motifs is 1. The van der Waals surface area contributed by atoms with Crippen LogP contribution in [-0.2, 0) is 14.9 Å². The maximum atomic E-state index is 12.9. The molecule has 2 aromatic rings. The van der Waals surface area contributed by atoms with Crippen LogP contribution < -0.4 is 4.18 Å². The van der Waals surface area contributed by atoms with Crippen LogP contribution in [0.1, 0.15) is 37.7 Å². The SMILES string of the molecule is N=C1/C(=C/c2ccccc2OS(=O)(=O)c2ccccc2[N+](=O)[O-])C(=O)N=C2SC(C3CCCCC3)=NN12. The van der Waals surface area contributed by atoms with Gasteiger partial charge in [0.1, 0.15) is 10.8 Å². The predicted octanol–water partition coefficient (Wildman–Crippen LogP) is 4.56. The Balaban J connectivity index is 1.46. The lowest BCUT2D eigenvalue weighted by Gasteiger charge is -2.20. The Labute approximate surface area is 216 Å². The number of nitrogens with zero attached hydrogens (tertiary/aromatic N) is 4. The number of thioether (sulfide) groups is 1. The molecule has 0 aromatic heterocycles. The van der Waals surface area contributed by atoms with Crippen molar-refractivity contribution in [3.05, 3.63) is 69.8 Å². The van der Waals surface area contributed by atoms with Crippen molar-refractivity contribution in [2.75, 3.05) is 0 Å². The molecule has 5 rings (SSSR count). The number of amidine groups is 2. The zero-order valence-corrected chi connectivity index (χ0v) is 21.0. The van der Waals surface area contributed by atoms with E-state index in [1.165, 1.54) is 59.6 Å². The number of rotatable bonds is 6. The molecule has 1 N–H and O–H groups in total. The molecule has 2 heterocycles. The van der Waals surface area contributed by atoms with Gasteiger partial charge in [0, 0.05) is 17.5 Å². The molecule has 190 valence electrons. The highest BCUT2D eigenvalue weighted by Gasteiger charge is 2.38. The molecule has 0 radical (unpaired) electrons. The van der Waals surface area contributed by atoms with Gasteiger partial charge in [-0.1, -0.05) is 49.6 Å². The molecule has 2 aromatic carbocycles. The van der Waals surface area contributed by atoms with Crippen LogP contribution >= 0.6 is 11.8 Å². The minimum absolute atomic E-state index is 0.0860. The van der Waals surface area contributed by atoms with Gasteiger partial charge in [0.2, 0.25) is 5.17 Å².